The Morgan fingerprint density at radius 1 is 0.938 bits per heavy atom. The minimum atomic E-state index is -0.438. The number of urea groups is 1. The van der Waals surface area contributed by atoms with Gasteiger partial charge < -0.3 is 15.5 Å². The Labute approximate surface area is 185 Å². The zero-order chi connectivity index (χ0) is 22.1. The molecule has 0 aliphatic carbocycles. The van der Waals surface area contributed by atoms with Gasteiger partial charge in [0.2, 0.25) is 0 Å². The highest BCUT2D eigenvalue weighted by Gasteiger charge is 2.31. The molecule has 1 unspecified atom stereocenters. The highest BCUT2D eigenvalue weighted by molar-refractivity contribution is 5.91. The molecule has 0 radical (unpaired) electrons. The molecule has 1 aliphatic heterocycles. The second-order valence-electron chi connectivity index (χ2n) is 7.97. The number of nitrogens with zero attached hydrogens (tertiary/aromatic N) is 3. The molecule has 4 aromatic rings. The second kappa shape index (κ2) is 8.30. The van der Waals surface area contributed by atoms with Crippen molar-refractivity contribution in [3.8, 4) is 11.1 Å². The van der Waals surface area contributed by atoms with Gasteiger partial charge in [0.1, 0.15) is 5.82 Å². The average molecular weight is 426 g/mol. The van der Waals surface area contributed by atoms with E-state index in [2.05, 4.69) is 46.3 Å². The summed E-state index contributed by atoms with van der Waals surface area (Å²) in [5, 5.41) is 0.762. The van der Waals surface area contributed by atoms with Gasteiger partial charge in [-0.3, -0.25) is 4.98 Å². The van der Waals surface area contributed by atoms with Crippen LogP contribution in [0.3, 0.4) is 0 Å². The number of hydrogen-bond acceptors (Lipinski definition) is 3. The molecule has 6 heteroatoms. The van der Waals surface area contributed by atoms with E-state index in [9.17, 15) is 9.18 Å². The standard InChI is InChI=1S/C26H23FN4O/c27-21-10-11-23-22(16-21)24(12-13-29-23)30-14-15-31(26(28)32)25(17-30)20-8-6-19(7-9-20)18-4-2-1-3-5-18/h1-13,16,25H,14-15,17H2,(H2,28,32). The zero-order valence-corrected chi connectivity index (χ0v) is 17.5. The summed E-state index contributed by atoms with van der Waals surface area (Å²) < 4.78 is 14.0. The number of primary amides is 1. The maximum Gasteiger partial charge on any atom is 0.315 e. The molecule has 2 N–H and O–H groups in total. The summed E-state index contributed by atoms with van der Waals surface area (Å²) in [7, 11) is 0. The first-order valence-corrected chi connectivity index (χ1v) is 10.6. The van der Waals surface area contributed by atoms with E-state index in [1.807, 2.05) is 24.3 Å². The van der Waals surface area contributed by atoms with Gasteiger partial charge in [-0.2, -0.15) is 0 Å². The number of benzene rings is 3. The number of halogens is 1. The van der Waals surface area contributed by atoms with Crippen LogP contribution in [0.1, 0.15) is 11.6 Å². The van der Waals surface area contributed by atoms with Crippen LogP contribution >= 0.6 is 0 Å². The van der Waals surface area contributed by atoms with Crippen molar-refractivity contribution in [2.75, 3.05) is 24.5 Å². The highest BCUT2D eigenvalue weighted by atomic mass is 19.1. The molecular weight excluding hydrogens is 403 g/mol. The summed E-state index contributed by atoms with van der Waals surface area (Å²) in [6, 6.07) is 24.3. The SMILES string of the molecule is NC(=O)N1CCN(c2ccnc3ccc(F)cc23)CC1c1ccc(-c2ccccc2)cc1. The van der Waals surface area contributed by atoms with E-state index in [1.165, 1.54) is 12.1 Å². The molecule has 0 spiro atoms. The third-order valence-corrected chi connectivity index (χ3v) is 6.09. The van der Waals surface area contributed by atoms with Crippen LogP contribution in [0.4, 0.5) is 14.9 Å². The fourth-order valence-corrected chi connectivity index (χ4v) is 4.46. The molecule has 2 heterocycles. The van der Waals surface area contributed by atoms with Crippen molar-refractivity contribution in [2.45, 2.75) is 6.04 Å². The third kappa shape index (κ3) is 3.75. The molecule has 160 valence electrons. The molecule has 1 fully saturated rings. The molecular formula is C26H23FN4O. The van der Waals surface area contributed by atoms with Crippen molar-refractivity contribution in [2.24, 2.45) is 5.73 Å². The Morgan fingerprint density at radius 3 is 2.44 bits per heavy atom. The lowest BCUT2D eigenvalue weighted by atomic mass is 9.98. The van der Waals surface area contributed by atoms with Crippen LogP contribution in [0.5, 0.6) is 0 Å². The largest absolute Gasteiger partial charge is 0.367 e. The Hall–Kier alpha value is -3.93. The van der Waals surface area contributed by atoms with Crippen molar-refractivity contribution in [1.29, 1.82) is 0 Å². The Bertz CT molecular complexity index is 1260. The fraction of sp³-hybridized carbons (Fsp3) is 0.154. The first-order valence-electron chi connectivity index (χ1n) is 10.6. The molecule has 1 saturated heterocycles. The minimum absolute atomic E-state index is 0.206. The summed E-state index contributed by atoms with van der Waals surface area (Å²) in [5.74, 6) is -0.296. The normalized spacial score (nSPS) is 16.3. The number of amides is 2. The smallest absolute Gasteiger partial charge is 0.315 e. The van der Waals surface area contributed by atoms with E-state index in [0.717, 1.165) is 33.3 Å². The van der Waals surface area contributed by atoms with E-state index in [1.54, 1.807) is 17.2 Å². The van der Waals surface area contributed by atoms with Gasteiger partial charge in [0.25, 0.3) is 0 Å². The lowest BCUT2D eigenvalue weighted by Gasteiger charge is -2.42. The zero-order valence-electron chi connectivity index (χ0n) is 17.5. The fourth-order valence-electron chi connectivity index (χ4n) is 4.46. The molecule has 1 aliphatic rings. The topological polar surface area (TPSA) is 62.5 Å². The van der Waals surface area contributed by atoms with Gasteiger partial charge in [0.15, 0.2) is 0 Å². The number of nitrogens with two attached hydrogens (primary N) is 1. The molecule has 32 heavy (non-hydrogen) atoms. The quantitative estimate of drug-likeness (QED) is 0.502. The second-order valence-corrected chi connectivity index (χ2v) is 7.97. The lowest BCUT2D eigenvalue weighted by Crippen LogP contribution is -2.52. The van der Waals surface area contributed by atoms with Gasteiger partial charge in [-0.05, 0) is 41.0 Å². The molecule has 0 bridgehead atoms. The summed E-state index contributed by atoms with van der Waals surface area (Å²) in [5.41, 5.74) is 10.6. The Balaban J connectivity index is 1.48. The predicted molar refractivity (Wildman–Crippen MR) is 125 cm³/mol. The number of pyridine rings is 1. The number of carbonyl (C=O) groups excluding carboxylic acids is 1. The maximum absolute atomic E-state index is 14.0. The molecule has 1 atom stereocenters. The Morgan fingerprint density at radius 2 is 1.69 bits per heavy atom. The third-order valence-electron chi connectivity index (χ3n) is 6.09. The first-order chi connectivity index (χ1) is 15.6. The van der Waals surface area contributed by atoms with Gasteiger partial charge in [-0.15, -0.1) is 0 Å². The first kappa shape index (κ1) is 20.0. The Kier molecular flexibility index (Phi) is 5.19. The highest BCUT2D eigenvalue weighted by Crippen LogP contribution is 2.33. The molecule has 2 amide bonds. The molecule has 1 aromatic heterocycles. The minimum Gasteiger partial charge on any atom is -0.367 e. The number of piperazine rings is 1. The maximum atomic E-state index is 14.0. The summed E-state index contributed by atoms with van der Waals surface area (Å²) in [6.45, 7) is 1.65. The molecule has 5 rings (SSSR count). The number of fused-ring (bicyclic) bond motifs is 1. The van der Waals surface area contributed by atoms with E-state index in [4.69, 9.17) is 5.73 Å². The van der Waals surface area contributed by atoms with E-state index in [-0.39, 0.29) is 11.9 Å². The van der Waals surface area contributed by atoms with Gasteiger partial charge >= 0.3 is 6.03 Å². The number of rotatable bonds is 3. The van der Waals surface area contributed by atoms with Crippen LogP contribution in [0, 0.1) is 5.82 Å². The number of anilines is 1. The van der Waals surface area contributed by atoms with Crippen molar-refractivity contribution in [1.82, 2.24) is 9.88 Å². The lowest BCUT2D eigenvalue weighted by molar-refractivity contribution is 0.175. The average Bonchev–Trinajstić information content (AvgIpc) is 2.84. The van der Waals surface area contributed by atoms with Crippen LogP contribution in [0.15, 0.2) is 85.1 Å². The van der Waals surface area contributed by atoms with Crippen LogP contribution < -0.4 is 10.6 Å². The monoisotopic (exact) mass is 426 g/mol. The number of carbonyl (C=O) groups is 1. The summed E-state index contributed by atoms with van der Waals surface area (Å²) in [4.78, 5) is 20.4. The van der Waals surface area contributed by atoms with Crippen LogP contribution in [-0.4, -0.2) is 35.5 Å². The molecule has 3 aromatic carbocycles. The van der Waals surface area contributed by atoms with Gasteiger partial charge in [0.05, 0.1) is 11.6 Å². The van der Waals surface area contributed by atoms with Crippen molar-refractivity contribution in [3.63, 3.8) is 0 Å². The number of aromatic nitrogens is 1. The van der Waals surface area contributed by atoms with Crippen LogP contribution in [0.2, 0.25) is 0 Å². The van der Waals surface area contributed by atoms with Gasteiger partial charge in [-0.1, -0.05) is 54.6 Å². The van der Waals surface area contributed by atoms with Gasteiger partial charge in [-0.25, -0.2) is 9.18 Å². The van der Waals surface area contributed by atoms with E-state index >= 15 is 0 Å². The van der Waals surface area contributed by atoms with Gasteiger partial charge in [0, 0.05) is 36.9 Å². The van der Waals surface area contributed by atoms with Crippen molar-refractivity contribution in [3.05, 3.63) is 96.4 Å². The van der Waals surface area contributed by atoms with Crippen molar-refractivity contribution < 1.29 is 9.18 Å². The number of hydrogen-bond donors (Lipinski definition) is 1. The predicted octanol–water partition coefficient (Wildman–Crippen LogP) is 4.98. The molecule has 0 saturated carbocycles. The molecule has 5 nitrogen and oxygen atoms in total. The summed E-state index contributed by atoms with van der Waals surface area (Å²) in [6.07, 6.45) is 1.74. The van der Waals surface area contributed by atoms with Crippen LogP contribution in [0.25, 0.3) is 22.0 Å². The summed E-state index contributed by atoms with van der Waals surface area (Å²) >= 11 is 0. The van der Waals surface area contributed by atoms with Crippen LogP contribution in [-0.2, 0) is 0 Å². The van der Waals surface area contributed by atoms with E-state index in [0.29, 0.717) is 19.6 Å². The van der Waals surface area contributed by atoms with E-state index < -0.39 is 6.03 Å². The van der Waals surface area contributed by atoms with Crippen molar-refractivity contribution >= 4 is 22.6 Å².